The average molecular weight is 220 g/mol. The molecule has 0 atom stereocenters. The maximum absolute atomic E-state index is 11.7. The van der Waals surface area contributed by atoms with Crippen LogP contribution in [0, 0.1) is 19.3 Å². The third-order valence-electron chi connectivity index (χ3n) is 2.59. The lowest BCUT2D eigenvalue weighted by Crippen LogP contribution is -2.26. The van der Waals surface area contributed by atoms with Crippen LogP contribution in [-0.4, -0.2) is 12.4 Å². The van der Waals surface area contributed by atoms with Crippen molar-refractivity contribution in [1.29, 1.82) is 0 Å². The van der Waals surface area contributed by atoms with Crippen LogP contribution in [0.3, 0.4) is 0 Å². The first kappa shape index (κ1) is 12.8. The summed E-state index contributed by atoms with van der Waals surface area (Å²) in [5.74, 6) is 0.954. The number of ketones is 1. The lowest BCUT2D eigenvalue weighted by Gasteiger charge is -2.18. The molecule has 0 heterocycles. The fourth-order valence-electron chi connectivity index (χ4n) is 1.38. The highest BCUT2D eigenvalue weighted by atomic mass is 16.5. The largest absolute Gasteiger partial charge is 0.485 e. The Kier molecular flexibility index (Phi) is 3.74. The molecule has 0 unspecified atom stereocenters. The van der Waals surface area contributed by atoms with Gasteiger partial charge in [-0.15, -0.1) is 0 Å². The molecule has 0 bridgehead atoms. The molecule has 0 aliphatic carbocycles. The highest BCUT2D eigenvalue weighted by Crippen LogP contribution is 2.23. The molecule has 1 aromatic carbocycles. The third kappa shape index (κ3) is 3.09. The minimum atomic E-state index is -0.337. The summed E-state index contributed by atoms with van der Waals surface area (Å²) in [5, 5.41) is 0. The first-order chi connectivity index (χ1) is 7.32. The van der Waals surface area contributed by atoms with Crippen LogP contribution < -0.4 is 4.74 Å². The number of aryl methyl sites for hydroxylation is 2. The van der Waals surface area contributed by atoms with Crippen LogP contribution in [-0.2, 0) is 4.79 Å². The van der Waals surface area contributed by atoms with Crippen LogP contribution in [0.2, 0.25) is 0 Å². The minimum Gasteiger partial charge on any atom is -0.485 e. The van der Waals surface area contributed by atoms with E-state index in [1.165, 1.54) is 0 Å². The van der Waals surface area contributed by atoms with Gasteiger partial charge in [-0.2, -0.15) is 0 Å². The van der Waals surface area contributed by atoms with Crippen molar-refractivity contribution in [2.24, 2.45) is 5.41 Å². The van der Waals surface area contributed by atoms with Gasteiger partial charge in [-0.05, 0) is 25.0 Å². The normalized spacial score (nSPS) is 11.3. The Bertz CT molecular complexity index is 366. The number of benzene rings is 1. The fourth-order valence-corrected chi connectivity index (χ4v) is 1.38. The highest BCUT2D eigenvalue weighted by Gasteiger charge is 2.21. The van der Waals surface area contributed by atoms with Crippen molar-refractivity contribution in [1.82, 2.24) is 0 Å². The molecule has 0 amide bonds. The summed E-state index contributed by atoms with van der Waals surface area (Å²) in [6.07, 6.45) is 0. The summed E-state index contributed by atoms with van der Waals surface area (Å²) in [7, 11) is 0. The smallest absolute Gasteiger partial charge is 0.175 e. The number of Topliss-reactive ketones (excluding diaryl/α,β-unsaturated/α-hetero) is 1. The molecular weight excluding hydrogens is 200 g/mol. The van der Waals surface area contributed by atoms with E-state index >= 15 is 0 Å². The summed E-state index contributed by atoms with van der Waals surface area (Å²) < 4.78 is 5.61. The Morgan fingerprint density at radius 1 is 1.19 bits per heavy atom. The average Bonchev–Trinajstić information content (AvgIpc) is 2.15. The number of ether oxygens (including phenoxy) is 1. The summed E-state index contributed by atoms with van der Waals surface area (Å²) >= 11 is 0. The summed E-state index contributed by atoms with van der Waals surface area (Å²) in [4.78, 5) is 11.7. The third-order valence-corrected chi connectivity index (χ3v) is 2.59. The van der Waals surface area contributed by atoms with Gasteiger partial charge in [0, 0.05) is 5.41 Å². The monoisotopic (exact) mass is 220 g/mol. The van der Waals surface area contributed by atoms with Crippen LogP contribution in [0.15, 0.2) is 18.2 Å². The molecule has 0 fully saturated rings. The van der Waals surface area contributed by atoms with Crippen molar-refractivity contribution in [2.45, 2.75) is 34.6 Å². The van der Waals surface area contributed by atoms with E-state index in [9.17, 15) is 4.79 Å². The van der Waals surface area contributed by atoms with Crippen LogP contribution >= 0.6 is 0 Å². The number of carbonyl (C=O) groups excluding carboxylic acids is 1. The lowest BCUT2D eigenvalue weighted by atomic mass is 9.91. The van der Waals surface area contributed by atoms with E-state index in [1.807, 2.05) is 52.8 Å². The first-order valence-corrected chi connectivity index (χ1v) is 5.54. The molecule has 0 aliphatic heterocycles. The zero-order chi connectivity index (χ0) is 12.3. The van der Waals surface area contributed by atoms with E-state index < -0.39 is 0 Å². The van der Waals surface area contributed by atoms with Gasteiger partial charge in [0.2, 0.25) is 0 Å². The topological polar surface area (TPSA) is 26.3 Å². The molecule has 88 valence electrons. The van der Waals surface area contributed by atoms with Gasteiger partial charge < -0.3 is 4.74 Å². The number of para-hydroxylation sites is 1. The maximum Gasteiger partial charge on any atom is 0.175 e. The van der Waals surface area contributed by atoms with Gasteiger partial charge in [-0.3, -0.25) is 4.79 Å². The van der Waals surface area contributed by atoms with Gasteiger partial charge in [-0.1, -0.05) is 39.0 Å². The van der Waals surface area contributed by atoms with Gasteiger partial charge in [0.05, 0.1) is 0 Å². The SMILES string of the molecule is Cc1cccc(C)c1OCC(=O)C(C)(C)C. The highest BCUT2D eigenvalue weighted by molar-refractivity contribution is 5.85. The van der Waals surface area contributed by atoms with Crippen molar-refractivity contribution in [3.05, 3.63) is 29.3 Å². The summed E-state index contributed by atoms with van der Waals surface area (Å²) in [6, 6.07) is 5.97. The molecule has 0 radical (unpaired) electrons. The van der Waals surface area contributed by atoms with E-state index in [0.717, 1.165) is 16.9 Å². The van der Waals surface area contributed by atoms with Crippen LogP contribution in [0.5, 0.6) is 5.75 Å². The molecule has 1 rings (SSSR count). The van der Waals surface area contributed by atoms with E-state index in [-0.39, 0.29) is 17.8 Å². The number of rotatable bonds is 3. The second kappa shape index (κ2) is 4.69. The predicted molar refractivity (Wildman–Crippen MR) is 65.9 cm³/mol. The zero-order valence-electron chi connectivity index (χ0n) is 10.8. The Morgan fingerprint density at radius 2 is 1.69 bits per heavy atom. The summed E-state index contributed by atoms with van der Waals surface area (Å²) in [5.41, 5.74) is 1.81. The maximum atomic E-state index is 11.7. The number of hydrogen-bond acceptors (Lipinski definition) is 2. The van der Waals surface area contributed by atoms with E-state index in [2.05, 4.69) is 0 Å². The number of carbonyl (C=O) groups is 1. The molecule has 0 saturated carbocycles. The van der Waals surface area contributed by atoms with E-state index in [0.29, 0.717) is 0 Å². The predicted octanol–water partition coefficient (Wildman–Crippen LogP) is 3.30. The standard InChI is InChI=1S/C14H20O2/c1-10-7-6-8-11(2)13(10)16-9-12(15)14(3,4)5/h6-8H,9H2,1-5H3. The lowest BCUT2D eigenvalue weighted by molar-refractivity contribution is -0.128. The fraction of sp³-hybridized carbons (Fsp3) is 0.500. The second-order valence-corrected chi connectivity index (χ2v) is 5.18. The molecule has 0 aliphatic rings. The molecule has 0 spiro atoms. The minimum absolute atomic E-state index is 0.121. The van der Waals surface area contributed by atoms with Crippen molar-refractivity contribution in [3.63, 3.8) is 0 Å². The summed E-state index contributed by atoms with van der Waals surface area (Å²) in [6.45, 7) is 9.85. The Hall–Kier alpha value is -1.31. The molecule has 1 aromatic rings. The second-order valence-electron chi connectivity index (χ2n) is 5.18. The Morgan fingerprint density at radius 3 is 2.12 bits per heavy atom. The van der Waals surface area contributed by atoms with Crippen LogP contribution in [0.4, 0.5) is 0 Å². The Balaban J connectivity index is 2.73. The first-order valence-electron chi connectivity index (χ1n) is 5.54. The molecule has 0 aromatic heterocycles. The molecular formula is C14H20O2. The molecule has 0 saturated heterocycles. The molecule has 16 heavy (non-hydrogen) atoms. The van der Waals surface area contributed by atoms with Crippen LogP contribution in [0.25, 0.3) is 0 Å². The van der Waals surface area contributed by atoms with Crippen LogP contribution in [0.1, 0.15) is 31.9 Å². The van der Waals surface area contributed by atoms with E-state index in [1.54, 1.807) is 0 Å². The van der Waals surface area contributed by atoms with Crippen molar-refractivity contribution in [2.75, 3.05) is 6.61 Å². The van der Waals surface area contributed by atoms with E-state index in [4.69, 9.17) is 4.74 Å². The Labute approximate surface area is 97.6 Å². The van der Waals surface area contributed by atoms with Crippen molar-refractivity contribution in [3.8, 4) is 5.75 Å². The molecule has 2 nitrogen and oxygen atoms in total. The zero-order valence-corrected chi connectivity index (χ0v) is 10.8. The van der Waals surface area contributed by atoms with Crippen molar-refractivity contribution < 1.29 is 9.53 Å². The molecule has 2 heteroatoms. The quantitative estimate of drug-likeness (QED) is 0.781. The number of hydrogen-bond donors (Lipinski definition) is 0. The van der Waals surface area contributed by atoms with Gasteiger partial charge in [0.1, 0.15) is 12.4 Å². The van der Waals surface area contributed by atoms with Gasteiger partial charge >= 0.3 is 0 Å². The van der Waals surface area contributed by atoms with Crippen molar-refractivity contribution >= 4 is 5.78 Å². The molecule has 0 N–H and O–H groups in total. The van der Waals surface area contributed by atoms with Gasteiger partial charge in [0.15, 0.2) is 5.78 Å². The van der Waals surface area contributed by atoms with Gasteiger partial charge in [-0.25, -0.2) is 0 Å². The van der Waals surface area contributed by atoms with Gasteiger partial charge in [0.25, 0.3) is 0 Å².